The molecule has 1 aliphatic carbocycles. The summed E-state index contributed by atoms with van der Waals surface area (Å²) in [6.45, 7) is 5.83. The molecule has 1 spiro atoms. The second-order valence-electron chi connectivity index (χ2n) is 6.52. The lowest BCUT2D eigenvalue weighted by Crippen LogP contribution is -2.74. The third kappa shape index (κ3) is 2.46. The van der Waals surface area contributed by atoms with Crippen LogP contribution < -0.4 is 5.32 Å². The summed E-state index contributed by atoms with van der Waals surface area (Å²) in [4.78, 5) is 27.2. The van der Waals surface area contributed by atoms with Gasteiger partial charge in [-0.2, -0.15) is 0 Å². The number of halogens is 1. The minimum Gasteiger partial charge on any atom is -0.340 e. The summed E-state index contributed by atoms with van der Waals surface area (Å²) in [5.74, 6) is -0.0268. The molecule has 5 heteroatoms. The number of rotatable bonds is 2. The van der Waals surface area contributed by atoms with Crippen LogP contribution in [0.2, 0.25) is 0 Å². The van der Waals surface area contributed by atoms with Gasteiger partial charge in [0, 0.05) is 12.1 Å². The molecule has 1 N–H and O–H groups in total. The van der Waals surface area contributed by atoms with Crippen molar-refractivity contribution in [2.75, 3.05) is 6.54 Å². The second kappa shape index (κ2) is 5.40. The average Bonchev–Trinajstić information content (AvgIpc) is 2.42. The van der Waals surface area contributed by atoms with E-state index in [9.17, 15) is 9.59 Å². The predicted molar refractivity (Wildman–Crippen MR) is 79.4 cm³/mol. The Morgan fingerprint density at radius 3 is 2.45 bits per heavy atom. The maximum Gasteiger partial charge on any atom is 0.248 e. The zero-order valence-electron chi connectivity index (χ0n) is 12.5. The molecule has 1 saturated carbocycles. The summed E-state index contributed by atoms with van der Waals surface area (Å²) < 4.78 is 0. The number of nitrogens with one attached hydrogen (secondary N) is 1. The van der Waals surface area contributed by atoms with Crippen molar-refractivity contribution in [2.24, 2.45) is 0 Å². The summed E-state index contributed by atoms with van der Waals surface area (Å²) in [7, 11) is 0. The molecule has 2 aliphatic rings. The van der Waals surface area contributed by atoms with Crippen LogP contribution >= 0.6 is 11.6 Å². The Morgan fingerprint density at radius 1 is 1.30 bits per heavy atom. The van der Waals surface area contributed by atoms with Gasteiger partial charge >= 0.3 is 0 Å². The first kappa shape index (κ1) is 15.4. The Labute approximate surface area is 125 Å². The molecule has 20 heavy (non-hydrogen) atoms. The van der Waals surface area contributed by atoms with Gasteiger partial charge < -0.3 is 10.2 Å². The van der Waals surface area contributed by atoms with Gasteiger partial charge in [-0.25, -0.2) is 0 Å². The molecule has 0 unspecified atom stereocenters. The summed E-state index contributed by atoms with van der Waals surface area (Å²) in [6.07, 6.45) is 4.60. The fourth-order valence-corrected chi connectivity index (χ4v) is 3.32. The van der Waals surface area contributed by atoms with E-state index in [0.717, 1.165) is 37.7 Å². The van der Waals surface area contributed by atoms with Gasteiger partial charge in [-0.3, -0.25) is 9.59 Å². The minimum absolute atomic E-state index is 0.0100. The van der Waals surface area contributed by atoms with E-state index in [2.05, 4.69) is 5.32 Å². The van der Waals surface area contributed by atoms with Crippen LogP contribution in [0.1, 0.15) is 52.9 Å². The molecule has 112 valence electrons. The first-order valence-electron chi connectivity index (χ1n) is 7.24. The molecular weight excluding hydrogens is 276 g/mol. The SMILES string of the molecule is CC(=CCl)CN1C(=O)C(C)(C)NC(=O)C12CCCCC2. The quantitative estimate of drug-likeness (QED) is 0.852. The zero-order valence-corrected chi connectivity index (χ0v) is 13.2. The van der Waals surface area contributed by atoms with Crippen LogP contribution in [0.15, 0.2) is 11.1 Å². The Hall–Kier alpha value is -1.03. The fourth-order valence-electron chi connectivity index (χ4n) is 3.25. The van der Waals surface area contributed by atoms with E-state index in [1.54, 1.807) is 18.7 Å². The second-order valence-corrected chi connectivity index (χ2v) is 6.74. The third-order valence-corrected chi connectivity index (χ3v) is 4.79. The summed E-state index contributed by atoms with van der Waals surface area (Å²) in [6, 6.07) is 0. The van der Waals surface area contributed by atoms with E-state index >= 15 is 0 Å². The van der Waals surface area contributed by atoms with Gasteiger partial charge in [0.15, 0.2) is 0 Å². The highest BCUT2D eigenvalue weighted by Crippen LogP contribution is 2.38. The highest BCUT2D eigenvalue weighted by atomic mass is 35.5. The largest absolute Gasteiger partial charge is 0.340 e. The molecule has 1 saturated heterocycles. The maximum atomic E-state index is 12.8. The van der Waals surface area contributed by atoms with E-state index in [4.69, 9.17) is 11.6 Å². The summed E-state index contributed by atoms with van der Waals surface area (Å²) in [5, 5.41) is 2.90. The molecule has 0 aromatic carbocycles. The number of amides is 2. The molecule has 2 amide bonds. The van der Waals surface area contributed by atoms with Gasteiger partial charge in [-0.1, -0.05) is 30.9 Å². The van der Waals surface area contributed by atoms with Crippen molar-refractivity contribution in [1.29, 1.82) is 0 Å². The van der Waals surface area contributed by atoms with Gasteiger partial charge in [-0.05, 0) is 39.2 Å². The third-order valence-electron chi connectivity index (χ3n) is 4.42. The van der Waals surface area contributed by atoms with Crippen LogP contribution in [0.3, 0.4) is 0 Å². The molecular formula is C15H23ClN2O2. The monoisotopic (exact) mass is 298 g/mol. The van der Waals surface area contributed by atoms with Gasteiger partial charge in [0.2, 0.25) is 11.8 Å². The highest BCUT2D eigenvalue weighted by molar-refractivity contribution is 6.25. The Morgan fingerprint density at radius 2 is 1.90 bits per heavy atom. The molecule has 0 radical (unpaired) electrons. The molecule has 2 fully saturated rings. The smallest absolute Gasteiger partial charge is 0.248 e. The van der Waals surface area contributed by atoms with Gasteiger partial charge in [0.05, 0.1) is 0 Å². The highest BCUT2D eigenvalue weighted by Gasteiger charge is 2.55. The van der Waals surface area contributed by atoms with Crippen molar-refractivity contribution in [3.05, 3.63) is 11.1 Å². The lowest BCUT2D eigenvalue weighted by atomic mass is 9.75. The van der Waals surface area contributed by atoms with Crippen molar-refractivity contribution in [3.63, 3.8) is 0 Å². The fraction of sp³-hybridized carbons (Fsp3) is 0.733. The standard InChI is InChI=1S/C15H23ClN2O2/c1-11(9-16)10-18-13(20)14(2,3)17-12(19)15(18)7-5-4-6-8-15/h9H,4-8,10H2,1-3H3,(H,17,19). The first-order chi connectivity index (χ1) is 9.33. The number of nitrogens with zero attached hydrogens (tertiary/aromatic N) is 1. The lowest BCUT2D eigenvalue weighted by molar-refractivity contribution is -0.163. The van der Waals surface area contributed by atoms with E-state index in [1.165, 1.54) is 5.54 Å². The summed E-state index contributed by atoms with van der Waals surface area (Å²) in [5.41, 5.74) is 0.872. The molecule has 2 rings (SSSR count). The van der Waals surface area contributed by atoms with Crippen LogP contribution in [0.5, 0.6) is 0 Å². The van der Waals surface area contributed by atoms with Crippen LogP contribution in [0.4, 0.5) is 0 Å². The van der Waals surface area contributed by atoms with E-state index in [0.29, 0.717) is 6.54 Å². The minimum atomic E-state index is -0.841. The first-order valence-corrected chi connectivity index (χ1v) is 7.68. The van der Waals surface area contributed by atoms with Gasteiger partial charge in [0.25, 0.3) is 0 Å². The van der Waals surface area contributed by atoms with Crippen molar-refractivity contribution in [2.45, 2.75) is 64.0 Å². The molecule has 1 aliphatic heterocycles. The number of carbonyl (C=O) groups is 2. The Balaban J connectivity index is 2.40. The average molecular weight is 299 g/mol. The lowest BCUT2D eigenvalue weighted by Gasteiger charge is -2.52. The maximum absolute atomic E-state index is 12.8. The predicted octanol–water partition coefficient (Wildman–Crippen LogP) is 2.57. The topological polar surface area (TPSA) is 49.4 Å². The van der Waals surface area contributed by atoms with Crippen molar-refractivity contribution < 1.29 is 9.59 Å². The van der Waals surface area contributed by atoms with Crippen LogP contribution in [0.25, 0.3) is 0 Å². The number of hydrogen-bond acceptors (Lipinski definition) is 2. The van der Waals surface area contributed by atoms with E-state index in [1.807, 2.05) is 6.92 Å². The molecule has 0 aromatic rings. The number of carbonyl (C=O) groups excluding carboxylic acids is 2. The van der Waals surface area contributed by atoms with Crippen LogP contribution in [-0.4, -0.2) is 34.3 Å². The van der Waals surface area contributed by atoms with Gasteiger partial charge in [-0.15, -0.1) is 0 Å². The van der Waals surface area contributed by atoms with Crippen molar-refractivity contribution in [3.8, 4) is 0 Å². The van der Waals surface area contributed by atoms with Gasteiger partial charge in [0.1, 0.15) is 11.1 Å². The molecule has 0 bridgehead atoms. The van der Waals surface area contributed by atoms with E-state index in [-0.39, 0.29) is 11.8 Å². The van der Waals surface area contributed by atoms with E-state index < -0.39 is 11.1 Å². The molecule has 0 atom stereocenters. The number of hydrogen-bond donors (Lipinski definition) is 1. The Kier molecular flexibility index (Phi) is 4.14. The molecule has 0 aromatic heterocycles. The summed E-state index contributed by atoms with van der Waals surface area (Å²) >= 11 is 5.75. The normalized spacial score (nSPS) is 25.8. The Bertz CT molecular complexity index is 451. The number of piperazine rings is 1. The molecule has 1 heterocycles. The molecule has 4 nitrogen and oxygen atoms in total. The van der Waals surface area contributed by atoms with Crippen LogP contribution in [0, 0.1) is 0 Å². The van der Waals surface area contributed by atoms with Crippen molar-refractivity contribution >= 4 is 23.4 Å². The zero-order chi connectivity index (χ0) is 15.0. The van der Waals surface area contributed by atoms with Crippen LogP contribution in [-0.2, 0) is 9.59 Å². The van der Waals surface area contributed by atoms with Crippen molar-refractivity contribution in [1.82, 2.24) is 10.2 Å².